The van der Waals surface area contributed by atoms with E-state index in [1.165, 1.54) is 0 Å². The van der Waals surface area contributed by atoms with Crippen LogP contribution < -0.4 is 0 Å². The quantitative estimate of drug-likeness (QED) is 0.750. The van der Waals surface area contributed by atoms with Gasteiger partial charge in [-0.1, -0.05) is 18.2 Å². The molecule has 29 heavy (non-hydrogen) atoms. The maximum Gasteiger partial charge on any atom is 0.254 e. The summed E-state index contributed by atoms with van der Waals surface area (Å²) < 4.78 is 7.54. The van der Waals surface area contributed by atoms with Crippen molar-refractivity contribution in [1.82, 2.24) is 19.4 Å². The van der Waals surface area contributed by atoms with Gasteiger partial charge in [-0.15, -0.1) is 0 Å². The predicted molar refractivity (Wildman–Crippen MR) is 106 cm³/mol. The molecule has 0 radical (unpaired) electrons. The van der Waals surface area contributed by atoms with Gasteiger partial charge in [0.25, 0.3) is 5.91 Å². The summed E-state index contributed by atoms with van der Waals surface area (Å²) in [6.45, 7) is 5.86. The van der Waals surface area contributed by atoms with Crippen molar-refractivity contribution in [2.75, 3.05) is 19.6 Å². The average molecular weight is 392 g/mol. The molecular weight excluding hydrogens is 368 g/mol. The Kier molecular flexibility index (Phi) is 4.47. The fraction of sp³-hybridized carbons (Fsp3) is 0.409. The summed E-state index contributed by atoms with van der Waals surface area (Å²) in [7, 11) is 0. The number of hydrogen-bond acceptors (Lipinski definition) is 4. The molecule has 1 atom stereocenters. The number of nitrogens with zero attached hydrogens (tertiary/aromatic N) is 4. The van der Waals surface area contributed by atoms with Crippen molar-refractivity contribution in [3.05, 3.63) is 64.8 Å². The molecule has 2 aromatic rings. The van der Waals surface area contributed by atoms with Crippen molar-refractivity contribution in [3.8, 4) is 0 Å². The van der Waals surface area contributed by atoms with Crippen LogP contribution >= 0.6 is 0 Å². The Morgan fingerprint density at radius 2 is 1.93 bits per heavy atom. The van der Waals surface area contributed by atoms with Gasteiger partial charge in [-0.2, -0.15) is 0 Å². The molecule has 0 spiro atoms. The van der Waals surface area contributed by atoms with Gasteiger partial charge >= 0.3 is 0 Å². The molecule has 0 bridgehead atoms. The number of carbonyl (C=O) groups is 2. The van der Waals surface area contributed by atoms with Gasteiger partial charge in [0.15, 0.2) is 0 Å². The molecular formula is C22H24N4O3. The SMILES string of the molecule is C[C@H]1c2nc(CC(=O)N3CC=CC3)cn2CCN1C(=O)c1ccc2c(c1)COC2. The highest BCUT2D eigenvalue weighted by Crippen LogP contribution is 2.28. The van der Waals surface area contributed by atoms with E-state index in [1.54, 1.807) is 0 Å². The van der Waals surface area contributed by atoms with Crippen LogP contribution in [0.25, 0.3) is 0 Å². The zero-order valence-corrected chi connectivity index (χ0v) is 16.5. The molecule has 0 saturated carbocycles. The van der Waals surface area contributed by atoms with Gasteiger partial charge in [0.05, 0.1) is 31.4 Å². The van der Waals surface area contributed by atoms with Gasteiger partial charge in [0, 0.05) is 37.9 Å². The average Bonchev–Trinajstić information content (AvgIpc) is 3.47. The molecule has 5 rings (SSSR count). The highest BCUT2D eigenvalue weighted by Gasteiger charge is 2.31. The number of carbonyl (C=O) groups excluding carboxylic acids is 2. The van der Waals surface area contributed by atoms with Gasteiger partial charge in [-0.3, -0.25) is 9.59 Å². The van der Waals surface area contributed by atoms with E-state index in [0.717, 1.165) is 22.6 Å². The molecule has 0 saturated heterocycles. The Bertz CT molecular complexity index is 1000. The minimum absolute atomic E-state index is 0.0159. The van der Waals surface area contributed by atoms with Crippen molar-refractivity contribution in [3.63, 3.8) is 0 Å². The van der Waals surface area contributed by atoms with Gasteiger partial charge in [0.2, 0.25) is 5.91 Å². The fourth-order valence-electron chi connectivity index (χ4n) is 4.33. The second kappa shape index (κ2) is 7.15. The van der Waals surface area contributed by atoms with Crippen molar-refractivity contribution < 1.29 is 14.3 Å². The topological polar surface area (TPSA) is 67.7 Å². The third-order valence-electron chi connectivity index (χ3n) is 6.01. The molecule has 0 aliphatic carbocycles. The van der Waals surface area contributed by atoms with Gasteiger partial charge in [-0.05, 0) is 30.2 Å². The second-order valence-corrected chi connectivity index (χ2v) is 7.88. The van der Waals surface area contributed by atoms with Crippen molar-refractivity contribution in [1.29, 1.82) is 0 Å². The lowest BCUT2D eigenvalue weighted by Gasteiger charge is -2.34. The molecule has 3 aliphatic rings. The van der Waals surface area contributed by atoms with Crippen LogP contribution in [-0.2, 0) is 35.7 Å². The Morgan fingerprint density at radius 3 is 2.76 bits per heavy atom. The Labute approximate surface area is 169 Å². The van der Waals surface area contributed by atoms with E-state index in [2.05, 4.69) is 4.57 Å². The molecule has 2 amide bonds. The molecule has 0 fully saturated rings. The number of hydrogen-bond donors (Lipinski definition) is 0. The highest BCUT2D eigenvalue weighted by atomic mass is 16.5. The highest BCUT2D eigenvalue weighted by molar-refractivity contribution is 5.94. The summed E-state index contributed by atoms with van der Waals surface area (Å²) in [6.07, 6.45) is 6.27. The molecule has 3 aliphatic heterocycles. The molecule has 7 nitrogen and oxygen atoms in total. The van der Waals surface area contributed by atoms with E-state index in [9.17, 15) is 9.59 Å². The van der Waals surface area contributed by atoms with Crippen LogP contribution in [0.1, 0.15) is 46.0 Å². The normalized spacial score (nSPS) is 20.1. The monoisotopic (exact) mass is 392 g/mol. The number of rotatable bonds is 3. The van der Waals surface area contributed by atoms with E-state index in [-0.39, 0.29) is 17.9 Å². The van der Waals surface area contributed by atoms with Crippen LogP contribution in [0.2, 0.25) is 0 Å². The van der Waals surface area contributed by atoms with Crippen LogP contribution in [0.15, 0.2) is 36.5 Å². The first-order valence-electron chi connectivity index (χ1n) is 10.1. The third kappa shape index (κ3) is 3.25. The Hall–Kier alpha value is -2.93. The number of imidazole rings is 1. The molecule has 1 aromatic heterocycles. The Morgan fingerprint density at radius 1 is 1.14 bits per heavy atom. The van der Waals surface area contributed by atoms with Crippen LogP contribution in [-0.4, -0.2) is 50.8 Å². The largest absolute Gasteiger partial charge is 0.372 e. The van der Waals surface area contributed by atoms with E-state index in [0.29, 0.717) is 51.4 Å². The van der Waals surface area contributed by atoms with Crippen LogP contribution in [0.4, 0.5) is 0 Å². The summed E-state index contributed by atoms with van der Waals surface area (Å²) in [5.41, 5.74) is 3.72. The molecule has 1 aromatic carbocycles. The summed E-state index contributed by atoms with van der Waals surface area (Å²) in [5.74, 6) is 0.949. The van der Waals surface area contributed by atoms with Crippen molar-refractivity contribution >= 4 is 11.8 Å². The first-order chi connectivity index (χ1) is 14.1. The molecule has 4 heterocycles. The fourth-order valence-corrected chi connectivity index (χ4v) is 4.33. The van der Waals surface area contributed by atoms with Gasteiger partial charge in [-0.25, -0.2) is 4.98 Å². The Balaban J connectivity index is 1.32. The zero-order valence-electron chi connectivity index (χ0n) is 16.5. The molecule has 0 N–H and O–H groups in total. The maximum absolute atomic E-state index is 13.2. The zero-order chi connectivity index (χ0) is 20.0. The predicted octanol–water partition coefficient (Wildman–Crippen LogP) is 2.07. The van der Waals surface area contributed by atoms with Gasteiger partial charge < -0.3 is 19.1 Å². The summed E-state index contributed by atoms with van der Waals surface area (Å²) in [6, 6.07) is 5.69. The van der Waals surface area contributed by atoms with E-state index in [1.807, 2.05) is 53.3 Å². The lowest BCUT2D eigenvalue weighted by atomic mass is 10.0. The first-order valence-corrected chi connectivity index (χ1v) is 10.1. The van der Waals surface area contributed by atoms with Crippen molar-refractivity contribution in [2.24, 2.45) is 0 Å². The smallest absolute Gasteiger partial charge is 0.254 e. The van der Waals surface area contributed by atoms with Crippen LogP contribution in [0.5, 0.6) is 0 Å². The number of aromatic nitrogens is 2. The number of amides is 2. The standard InChI is InChI=1S/C22H24N4O3/c1-15-21-23-19(11-20(27)24-6-2-3-7-24)12-25(21)8-9-26(15)22(28)16-4-5-17-13-29-14-18(17)10-16/h2-5,10,12,15H,6-9,11,13-14H2,1H3/t15-/m0/s1. The minimum Gasteiger partial charge on any atom is -0.372 e. The number of ether oxygens (including phenoxy) is 1. The second-order valence-electron chi connectivity index (χ2n) is 7.88. The van der Waals surface area contributed by atoms with E-state index >= 15 is 0 Å². The van der Waals surface area contributed by atoms with Crippen LogP contribution in [0, 0.1) is 0 Å². The summed E-state index contributed by atoms with van der Waals surface area (Å²) >= 11 is 0. The maximum atomic E-state index is 13.2. The lowest BCUT2D eigenvalue weighted by molar-refractivity contribution is -0.129. The van der Waals surface area contributed by atoms with Gasteiger partial charge in [0.1, 0.15) is 5.82 Å². The summed E-state index contributed by atoms with van der Waals surface area (Å²) in [4.78, 5) is 34.0. The van der Waals surface area contributed by atoms with E-state index in [4.69, 9.17) is 9.72 Å². The molecule has 7 heteroatoms. The minimum atomic E-state index is -0.141. The van der Waals surface area contributed by atoms with Crippen molar-refractivity contribution in [2.45, 2.75) is 39.1 Å². The molecule has 150 valence electrons. The molecule has 0 unspecified atom stereocenters. The third-order valence-corrected chi connectivity index (χ3v) is 6.01. The first kappa shape index (κ1) is 18.1. The summed E-state index contributed by atoms with van der Waals surface area (Å²) in [5, 5.41) is 0. The van der Waals surface area contributed by atoms with E-state index < -0.39 is 0 Å². The number of fused-ring (bicyclic) bond motifs is 2. The number of benzene rings is 1. The van der Waals surface area contributed by atoms with Crippen LogP contribution in [0.3, 0.4) is 0 Å². The lowest BCUT2D eigenvalue weighted by Crippen LogP contribution is -2.41.